The first-order valence-corrected chi connectivity index (χ1v) is 7.01. The molecule has 102 valence electrons. The lowest BCUT2D eigenvalue weighted by Gasteiger charge is -2.29. The number of rotatable bonds is 5. The van der Waals surface area contributed by atoms with Gasteiger partial charge in [-0.15, -0.1) is 0 Å². The van der Waals surface area contributed by atoms with Gasteiger partial charge in [0.1, 0.15) is 0 Å². The second-order valence-electron chi connectivity index (χ2n) is 5.84. The summed E-state index contributed by atoms with van der Waals surface area (Å²) in [5, 5.41) is 19.0. The third kappa shape index (κ3) is 3.27. The highest BCUT2D eigenvalue weighted by Gasteiger charge is 2.31. The van der Waals surface area contributed by atoms with Gasteiger partial charge in [-0.3, -0.25) is 0 Å². The summed E-state index contributed by atoms with van der Waals surface area (Å²) >= 11 is 0. The van der Waals surface area contributed by atoms with Gasteiger partial charge in [0.15, 0.2) is 0 Å². The Morgan fingerprint density at radius 3 is 2.53 bits per heavy atom. The minimum Gasteiger partial charge on any atom is -0.389 e. The molecule has 1 atom stereocenters. The van der Waals surface area contributed by atoms with Crippen molar-refractivity contribution in [1.82, 2.24) is 0 Å². The van der Waals surface area contributed by atoms with Crippen LogP contribution in [0.3, 0.4) is 0 Å². The molecule has 1 saturated carbocycles. The van der Waals surface area contributed by atoms with Gasteiger partial charge in [-0.05, 0) is 37.8 Å². The Balaban J connectivity index is 2.41. The normalized spacial score (nSPS) is 16.2. The third-order valence-corrected chi connectivity index (χ3v) is 3.47. The van der Waals surface area contributed by atoms with E-state index in [2.05, 4.69) is 24.8 Å². The maximum Gasteiger partial charge on any atom is 0.0992 e. The van der Waals surface area contributed by atoms with Crippen molar-refractivity contribution >= 4 is 5.69 Å². The summed E-state index contributed by atoms with van der Waals surface area (Å²) in [7, 11) is 0. The average molecular weight is 258 g/mol. The molecule has 0 spiro atoms. The molecule has 0 heterocycles. The molecule has 0 saturated heterocycles. The summed E-state index contributed by atoms with van der Waals surface area (Å²) in [6.07, 6.45) is 1.92. The number of aliphatic hydroxyl groups excluding tert-OH is 1. The zero-order valence-corrected chi connectivity index (χ0v) is 11.9. The Hall–Kier alpha value is -1.53. The molecule has 0 radical (unpaired) electrons. The number of hydrogen-bond acceptors (Lipinski definition) is 3. The summed E-state index contributed by atoms with van der Waals surface area (Å²) < 4.78 is 0. The SMILES string of the molecule is CC(C)CN(c1cc(C#N)ccc1[C@H](C)O)C1CC1. The van der Waals surface area contributed by atoms with Crippen molar-refractivity contribution in [1.29, 1.82) is 5.26 Å². The molecule has 1 aromatic rings. The first kappa shape index (κ1) is 13.9. The molecule has 0 amide bonds. The molecule has 3 nitrogen and oxygen atoms in total. The van der Waals surface area contributed by atoms with E-state index in [1.807, 2.05) is 12.1 Å². The lowest BCUT2D eigenvalue weighted by atomic mass is 10.0. The van der Waals surface area contributed by atoms with Crippen LogP contribution in [0, 0.1) is 17.2 Å². The van der Waals surface area contributed by atoms with E-state index in [4.69, 9.17) is 5.26 Å². The van der Waals surface area contributed by atoms with Crippen molar-refractivity contribution < 1.29 is 5.11 Å². The Morgan fingerprint density at radius 2 is 2.05 bits per heavy atom. The van der Waals surface area contributed by atoms with Crippen molar-refractivity contribution in [2.24, 2.45) is 5.92 Å². The fraction of sp³-hybridized carbons (Fsp3) is 0.562. The Kier molecular flexibility index (Phi) is 4.11. The smallest absolute Gasteiger partial charge is 0.0992 e. The van der Waals surface area contributed by atoms with Crippen LogP contribution >= 0.6 is 0 Å². The fourth-order valence-electron chi connectivity index (χ4n) is 2.44. The van der Waals surface area contributed by atoms with E-state index in [0.717, 1.165) is 17.8 Å². The quantitative estimate of drug-likeness (QED) is 0.882. The van der Waals surface area contributed by atoms with Gasteiger partial charge < -0.3 is 10.0 Å². The van der Waals surface area contributed by atoms with Crippen LogP contribution in [0.1, 0.15) is 50.8 Å². The zero-order chi connectivity index (χ0) is 14.0. The van der Waals surface area contributed by atoms with Crippen LogP contribution < -0.4 is 4.90 Å². The first-order chi connectivity index (χ1) is 9.02. The molecule has 0 bridgehead atoms. The molecule has 0 aromatic heterocycles. The Bertz CT molecular complexity index is 484. The van der Waals surface area contributed by atoms with Crippen molar-refractivity contribution in [2.75, 3.05) is 11.4 Å². The zero-order valence-electron chi connectivity index (χ0n) is 11.9. The molecule has 1 aliphatic carbocycles. The molecule has 3 heteroatoms. The maximum atomic E-state index is 9.94. The summed E-state index contributed by atoms with van der Waals surface area (Å²) in [5.41, 5.74) is 2.62. The van der Waals surface area contributed by atoms with Crippen molar-refractivity contribution in [3.8, 4) is 6.07 Å². The number of aliphatic hydroxyl groups is 1. The lowest BCUT2D eigenvalue weighted by molar-refractivity contribution is 0.199. The van der Waals surface area contributed by atoms with Gasteiger partial charge in [0, 0.05) is 23.8 Å². The van der Waals surface area contributed by atoms with Crippen LogP contribution in [-0.4, -0.2) is 17.7 Å². The van der Waals surface area contributed by atoms with Crippen LogP contribution in [0.15, 0.2) is 18.2 Å². The highest BCUT2D eigenvalue weighted by molar-refractivity contribution is 5.60. The van der Waals surface area contributed by atoms with Crippen molar-refractivity contribution in [3.05, 3.63) is 29.3 Å². The van der Waals surface area contributed by atoms with E-state index in [9.17, 15) is 5.11 Å². The molecule has 0 aliphatic heterocycles. The summed E-state index contributed by atoms with van der Waals surface area (Å²) in [4.78, 5) is 2.37. The monoisotopic (exact) mass is 258 g/mol. The van der Waals surface area contributed by atoms with E-state index in [1.54, 1.807) is 13.0 Å². The molecule has 0 unspecified atom stereocenters. The Labute approximate surface area is 115 Å². The molecular weight excluding hydrogens is 236 g/mol. The minimum atomic E-state index is -0.504. The Morgan fingerprint density at radius 1 is 1.37 bits per heavy atom. The van der Waals surface area contributed by atoms with Crippen LogP contribution in [-0.2, 0) is 0 Å². The topological polar surface area (TPSA) is 47.3 Å². The summed E-state index contributed by atoms with van der Waals surface area (Å²) in [6, 6.07) is 8.36. The van der Waals surface area contributed by atoms with Gasteiger partial charge in [-0.1, -0.05) is 19.9 Å². The van der Waals surface area contributed by atoms with Crippen LogP contribution in [0.25, 0.3) is 0 Å². The second kappa shape index (κ2) is 5.63. The number of anilines is 1. The molecule has 1 aromatic carbocycles. The molecule has 1 aliphatic rings. The van der Waals surface area contributed by atoms with Gasteiger partial charge in [0.05, 0.1) is 17.7 Å². The molecule has 1 N–H and O–H groups in total. The molecular formula is C16H22N2O. The van der Waals surface area contributed by atoms with Crippen molar-refractivity contribution in [3.63, 3.8) is 0 Å². The molecule has 2 rings (SSSR count). The third-order valence-electron chi connectivity index (χ3n) is 3.47. The highest BCUT2D eigenvalue weighted by atomic mass is 16.3. The predicted molar refractivity (Wildman–Crippen MR) is 77.0 cm³/mol. The predicted octanol–water partition coefficient (Wildman–Crippen LogP) is 3.24. The first-order valence-electron chi connectivity index (χ1n) is 7.01. The summed E-state index contributed by atoms with van der Waals surface area (Å²) in [5.74, 6) is 0.563. The number of hydrogen-bond donors (Lipinski definition) is 1. The summed E-state index contributed by atoms with van der Waals surface area (Å²) in [6.45, 7) is 7.15. The highest BCUT2D eigenvalue weighted by Crippen LogP contribution is 2.36. The van der Waals surface area contributed by atoms with Crippen LogP contribution in [0.2, 0.25) is 0 Å². The van der Waals surface area contributed by atoms with E-state index < -0.39 is 6.10 Å². The van der Waals surface area contributed by atoms with E-state index >= 15 is 0 Å². The van der Waals surface area contributed by atoms with Gasteiger partial charge in [0.2, 0.25) is 0 Å². The van der Waals surface area contributed by atoms with Gasteiger partial charge in [-0.2, -0.15) is 5.26 Å². The van der Waals surface area contributed by atoms with E-state index in [0.29, 0.717) is 17.5 Å². The van der Waals surface area contributed by atoms with E-state index in [-0.39, 0.29) is 0 Å². The fourth-order valence-corrected chi connectivity index (χ4v) is 2.44. The van der Waals surface area contributed by atoms with E-state index in [1.165, 1.54) is 12.8 Å². The number of nitriles is 1. The largest absolute Gasteiger partial charge is 0.389 e. The lowest BCUT2D eigenvalue weighted by Crippen LogP contribution is -2.31. The van der Waals surface area contributed by atoms with Crippen LogP contribution in [0.5, 0.6) is 0 Å². The average Bonchev–Trinajstić information content (AvgIpc) is 3.19. The van der Waals surface area contributed by atoms with Gasteiger partial charge >= 0.3 is 0 Å². The maximum absolute atomic E-state index is 9.94. The second-order valence-corrected chi connectivity index (χ2v) is 5.84. The van der Waals surface area contributed by atoms with Gasteiger partial charge in [-0.25, -0.2) is 0 Å². The minimum absolute atomic E-state index is 0.504. The number of benzene rings is 1. The van der Waals surface area contributed by atoms with Crippen molar-refractivity contribution in [2.45, 2.75) is 45.8 Å². The van der Waals surface area contributed by atoms with Crippen LogP contribution in [0.4, 0.5) is 5.69 Å². The van der Waals surface area contributed by atoms with Gasteiger partial charge in [0.25, 0.3) is 0 Å². The molecule has 19 heavy (non-hydrogen) atoms. The number of nitrogens with zero attached hydrogens (tertiary/aromatic N) is 2. The molecule has 1 fully saturated rings. The standard InChI is InChI=1S/C16H22N2O/c1-11(2)10-18(14-5-6-14)16-8-13(9-17)4-7-15(16)12(3)19/h4,7-8,11-12,14,19H,5-6,10H2,1-3H3/t12-/m0/s1.